The van der Waals surface area contributed by atoms with Gasteiger partial charge in [-0.2, -0.15) is 5.10 Å². The van der Waals surface area contributed by atoms with Crippen molar-refractivity contribution >= 4 is 17.6 Å². The fourth-order valence-electron chi connectivity index (χ4n) is 3.22. The molecule has 29 heavy (non-hydrogen) atoms. The molecule has 3 rings (SSSR count). The lowest BCUT2D eigenvalue weighted by molar-refractivity contribution is -0.133. The average molecular weight is 400 g/mol. The van der Waals surface area contributed by atoms with Crippen LogP contribution in [-0.4, -0.2) is 47.7 Å². The lowest BCUT2D eigenvalue weighted by atomic mass is 9.97. The number of carbonyl (C=O) groups excluding carboxylic acids is 2. The van der Waals surface area contributed by atoms with Gasteiger partial charge in [-0.15, -0.1) is 0 Å². The first-order valence-electron chi connectivity index (χ1n) is 9.30. The van der Waals surface area contributed by atoms with Gasteiger partial charge in [0.15, 0.2) is 0 Å². The van der Waals surface area contributed by atoms with Crippen molar-refractivity contribution in [2.75, 3.05) is 20.1 Å². The Morgan fingerprint density at radius 2 is 1.79 bits per heavy atom. The largest absolute Gasteiger partial charge is 0.338 e. The summed E-state index contributed by atoms with van der Waals surface area (Å²) in [6, 6.07) is 11.1. The Hall–Kier alpha value is -3.29. The van der Waals surface area contributed by atoms with Crippen molar-refractivity contribution in [1.82, 2.24) is 15.2 Å². The van der Waals surface area contributed by atoms with Crippen molar-refractivity contribution in [3.63, 3.8) is 0 Å². The van der Waals surface area contributed by atoms with Crippen LogP contribution in [0, 0.1) is 11.6 Å². The number of hydrogen-bond acceptors (Lipinski definition) is 3. The van der Waals surface area contributed by atoms with E-state index >= 15 is 0 Å². The van der Waals surface area contributed by atoms with Gasteiger partial charge in [-0.3, -0.25) is 4.79 Å². The topological polar surface area (TPSA) is 65.0 Å². The van der Waals surface area contributed by atoms with Crippen molar-refractivity contribution in [3.8, 4) is 0 Å². The Morgan fingerprint density at radius 3 is 2.45 bits per heavy atom. The number of nitrogens with one attached hydrogen (secondary N) is 1. The molecular formula is C21H22F2N4O2. The van der Waals surface area contributed by atoms with Crippen molar-refractivity contribution < 1.29 is 18.4 Å². The maximum Gasteiger partial charge on any atom is 0.317 e. The van der Waals surface area contributed by atoms with Crippen LogP contribution in [0.2, 0.25) is 0 Å². The molecule has 152 valence electrons. The summed E-state index contributed by atoms with van der Waals surface area (Å²) in [6.45, 7) is 1.95. The van der Waals surface area contributed by atoms with Crippen molar-refractivity contribution in [3.05, 3.63) is 71.3 Å². The van der Waals surface area contributed by atoms with E-state index in [0.29, 0.717) is 12.3 Å². The molecule has 0 saturated heterocycles. The second kappa shape index (κ2) is 8.81. The highest BCUT2D eigenvalue weighted by atomic mass is 19.1. The molecule has 1 unspecified atom stereocenters. The van der Waals surface area contributed by atoms with Gasteiger partial charge in [0.2, 0.25) is 0 Å². The molecule has 0 aliphatic carbocycles. The summed E-state index contributed by atoms with van der Waals surface area (Å²) in [5.74, 6) is -1.43. The van der Waals surface area contributed by atoms with Crippen LogP contribution in [0.15, 0.2) is 53.6 Å². The molecule has 3 amide bonds. The second-order valence-corrected chi connectivity index (χ2v) is 6.70. The van der Waals surface area contributed by atoms with E-state index in [1.54, 1.807) is 43.3 Å². The van der Waals surface area contributed by atoms with Crippen LogP contribution in [0.1, 0.15) is 30.5 Å². The zero-order valence-corrected chi connectivity index (χ0v) is 16.2. The zero-order valence-electron chi connectivity index (χ0n) is 16.2. The normalized spacial score (nSPS) is 15.8. The summed E-state index contributed by atoms with van der Waals surface area (Å²) in [5, 5.41) is 8.07. The summed E-state index contributed by atoms with van der Waals surface area (Å²) in [4.78, 5) is 26.1. The molecular weight excluding hydrogens is 378 g/mol. The fourth-order valence-corrected chi connectivity index (χ4v) is 3.22. The van der Waals surface area contributed by atoms with Crippen molar-refractivity contribution in [1.29, 1.82) is 0 Å². The monoisotopic (exact) mass is 400 g/mol. The highest BCUT2D eigenvalue weighted by Crippen LogP contribution is 2.34. The molecule has 8 heteroatoms. The third-order valence-corrected chi connectivity index (χ3v) is 4.66. The van der Waals surface area contributed by atoms with Crippen molar-refractivity contribution in [2.45, 2.75) is 19.4 Å². The van der Waals surface area contributed by atoms with E-state index in [-0.39, 0.29) is 24.1 Å². The summed E-state index contributed by atoms with van der Waals surface area (Å²) in [5.41, 5.74) is 0.906. The lowest BCUT2D eigenvalue weighted by Crippen LogP contribution is -2.43. The molecule has 2 aromatic carbocycles. The Labute approximate surface area is 167 Å². The standard InChI is InChI=1S/C21H22F2N4O2/c1-3-24-21(29)26(2)13-20(28)27-19(15-9-5-7-11-17(15)23)12-18(25-27)14-8-4-6-10-16(14)22/h4-11,19H,3,12-13H2,1-2H3,(H,24,29). The summed E-state index contributed by atoms with van der Waals surface area (Å²) in [7, 11) is 1.48. The lowest BCUT2D eigenvalue weighted by Gasteiger charge is -2.25. The summed E-state index contributed by atoms with van der Waals surface area (Å²) >= 11 is 0. The Morgan fingerprint density at radius 1 is 1.14 bits per heavy atom. The molecule has 1 aliphatic rings. The third kappa shape index (κ3) is 4.42. The van der Waals surface area contributed by atoms with Gasteiger partial charge in [0, 0.05) is 31.1 Å². The van der Waals surface area contributed by atoms with E-state index in [2.05, 4.69) is 10.4 Å². The Balaban J connectivity index is 1.92. The summed E-state index contributed by atoms with van der Waals surface area (Å²) < 4.78 is 28.7. The SMILES string of the molecule is CCNC(=O)N(C)CC(=O)N1N=C(c2ccccc2F)CC1c1ccccc1F. The molecule has 1 aliphatic heterocycles. The van der Waals surface area contributed by atoms with Crippen LogP contribution in [0.4, 0.5) is 13.6 Å². The van der Waals surface area contributed by atoms with E-state index in [1.165, 1.54) is 24.1 Å². The van der Waals surface area contributed by atoms with Gasteiger partial charge >= 0.3 is 6.03 Å². The van der Waals surface area contributed by atoms with Gasteiger partial charge in [-0.05, 0) is 19.1 Å². The van der Waals surface area contributed by atoms with E-state index in [1.807, 2.05) is 0 Å². The van der Waals surface area contributed by atoms with E-state index in [9.17, 15) is 18.4 Å². The van der Waals surface area contributed by atoms with Crippen LogP contribution in [-0.2, 0) is 4.79 Å². The van der Waals surface area contributed by atoms with E-state index < -0.39 is 29.6 Å². The minimum atomic E-state index is -0.721. The molecule has 0 radical (unpaired) electrons. The first-order chi connectivity index (χ1) is 13.9. The van der Waals surface area contributed by atoms with Gasteiger partial charge in [0.1, 0.15) is 18.2 Å². The number of likely N-dealkylation sites (N-methyl/N-ethyl adjacent to an activating group) is 1. The fraction of sp³-hybridized carbons (Fsp3) is 0.286. The highest BCUT2D eigenvalue weighted by molar-refractivity contribution is 6.03. The predicted octanol–water partition coefficient (Wildman–Crippen LogP) is 3.30. The molecule has 0 spiro atoms. The number of hydrazone groups is 1. The average Bonchev–Trinajstić information content (AvgIpc) is 3.14. The maximum atomic E-state index is 14.4. The number of benzene rings is 2. The zero-order chi connectivity index (χ0) is 21.0. The number of urea groups is 1. The molecule has 1 N–H and O–H groups in total. The highest BCUT2D eigenvalue weighted by Gasteiger charge is 2.35. The minimum absolute atomic E-state index is 0.165. The molecule has 6 nitrogen and oxygen atoms in total. The van der Waals surface area contributed by atoms with Gasteiger partial charge in [0.05, 0.1) is 11.8 Å². The van der Waals surface area contributed by atoms with Gasteiger partial charge in [-0.25, -0.2) is 18.6 Å². The molecule has 2 aromatic rings. The molecule has 0 aromatic heterocycles. The smallest absolute Gasteiger partial charge is 0.317 e. The quantitative estimate of drug-likeness (QED) is 0.837. The van der Waals surface area contributed by atoms with E-state index in [4.69, 9.17) is 0 Å². The number of rotatable bonds is 5. The van der Waals surface area contributed by atoms with E-state index in [0.717, 1.165) is 5.01 Å². The Bertz CT molecular complexity index is 948. The third-order valence-electron chi connectivity index (χ3n) is 4.66. The minimum Gasteiger partial charge on any atom is -0.338 e. The van der Waals surface area contributed by atoms with Gasteiger partial charge in [-0.1, -0.05) is 36.4 Å². The molecule has 1 heterocycles. The molecule has 0 fully saturated rings. The Kier molecular flexibility index (Phi) is 6.21. The van der Waals surface area contributed by atoms with Gasteiger partial charge in [0.25, 0.3) is 5.91 Å². The predicted molar refractivity (Wildman–Crippen MR) is 105 cm³/mol. The number of halogens is 2. The summed E-state index contributed by atoms with van der Waals surface area (Å²) in [6.07, 6.45) is 0.165. The van der Waals surface area contributed by atoms with Crippen LogP contribution in [0.25, 0.3) is 0 Å². The van der Waals surface area contributed by atoms with Crippen molar-refractivity contribution in [2.24, 2.45) is 5.10 Å². The number of carbonyl (C=O) groups is 2. The molecule has 0 saturated carbocycles. The second-order valence-electron chi connectivity index (χ2n) is 6.70. The number of amides is 3. The van der Waals surface area contributed by atoms with Crippen LogP contribution < -0.4 is 5.32 Å². The first kappa shape index (κ1) is 20.4. The maximum absolute atomic E-state index is 14.4. The number of hydrogen-bond donors (Lipinski definition) is 1. The first-order valence-corrected chi connectivity index (χ1v) is 9.30. The van der Waals surface area contributed by atoms with Crippen LogP contribution in [0.3, 0.4) is 0 Å². The van der Waals surface area contributed by atoms with Crippen LogP contribution >= 0.6 is 0 Å². The number of nitrogens with zero attached hydrogens (tertiary/aromatic N) is 3. The molecule has 1 atom stereocenters. The van der Waals surface area contributed by atoms with Crippen LogP contribution in [0.5, 0.6) is 0 Å². The van der Waals surface area contributed by atoms with Gasteiger partial charge < -0.3 is 10.2 Å². The molecule has 0 bridgehead atoms.